The number of benzene rings is 3. The van der Waals surface area contributed by atoms with E-state index in [0.717, 1.165) is 16.3 Å². The van der Waals surface area contributed by atoms with Crippen LogP contribution in [0.4, 0.5) is 0 Å². The Kier molecular flexibility index (Phi) is 4.57. The Hall–Kier alpha value is -3.60. The fourth-order valence-corrected chi connectivity index (χ4v) is 3.48. The summed E-state index contributed by atoms with van der Waals surface area (Å²) in [6.07, 6.45) is 0. The number of para-hydroxylation sites is 1. The molecule has 0 aliphatic rings. The van der Waals surface area contributed by atoms with E-state index in [1.54, 1.807) is 31.4 Å². The Morgan fingerprint density at radius 2 is 1.79 bits per heavy atom. The van der Waals surface area contributed by atoms with Gasteiger partial charge in [0.15, 0.2) is 0 Å². The summed E-state index contributed by atoms with van der Waals surface area (Å²) >= 11 is 0. The van der Waals surface area contributed by atoms with Crippen molar-refractivity contribution >= 4 is 27.6 Å². The molecule has 1 N–H and O–H groups in total. The average molecular weight is 373 g/mol. The Balaban J connectivity index is 2.12. The van der Waals surface area contributed by atoms with E-state index in [-0.39, 0.29) is 5.56 Å². The van der Waals surface area contributed by atoms with Crippen molar-refractivity contribution in [2.75, 3.05) is 13.7 Å². The van der Waals surface area contributed by atoms with Crippen LogP contribution in [0.15, 0.2) is 60.7 Å². The maximum absolute atomic E-state index is 12.0. The molecule has 1 heterocycles. The minimum absolute atomic E-state index is 0.175. The van der Waals surface area contributed by atoms with Crippen LogP contribution in [0, 0.1) is 0 Å². The number of aromatic nitrogens is 1. The van der Waals surface area contributed by atoms with Gasteiger partial charge in [0.25, 0.3) is 0 Å². The van der Waals surface area contributed by atoms with Gasteiger partial charge in [0.05, 0.1) is 30.5 Å². The molecule has 4 rings (SSSR count). The van der Waals surface area contributed by atoms with E-state index >= 15 is 0 Å². The van der Waals surface area contributed by atoms with E-state index in [1.165, 1.54) is 0 Å². The lowest BCUT2D eigenvalue weighted by molar-refractivity contribution is 0.0699. The monoisotopic (exact) mass is 373 g/mol. The van der Waals surface area contributed by atoms with Gasteiger partial charge in [0, 0.05) is 5.39 Å². The molecule has 5 heteroatoms. The molecule has 0 aliphatic heterocycles. The molecule has 5 nitrogen and oxygen atoms in total. The summed E-state index contributed by atoms with van der Waals surface area (Å²) in [5, 5.41) is 12.3. The summed E-state index contributed by atoms with van der Waals surface area (Å²) in [5.74, 6) is 0.180. The van der Waals surface area contributed by atoms with Crippen molar-refractivity contribution in [3.63, 3.8) is 0 Å². The number of aromatic carboxylic acids is 1. The third-order valence-electron chi connectivity index (χ3n) is 4.70. The lowest BCUT2D eigenvalue weighted by atomic mass is 9.98. The number of carboxylic acids is 1. The fourth-order valence-electron chi connectivity index (χ4n) is 3.48. The van der Waals surface area contributed by atoms with Crippen molar-refractivity contribution in [3.8, 4) is 22.8 Å². The zero-order valence-electron chi connectivity index (χ0n) is 15.6. The molecule has 0 amide bonds. The number of carboxylic acid groups (broad SMARTS) is 1. The molecule has 0 saturated heterocycles. The number of nitrogens with zero attached hydrogens (tertiary/aromatic N) is 1. The largest absolute Gasteiger partial charge is 0.494 e. The van der Waals surface area contributed by atoms with Crippen LogP contribution in [0.5, 0.6) is 11.5 Å². The fraction of sp³-hybridized carbons (Fsp3) is 0.130. The van der Waals surface area contributed by atoms with Gasteiger partial charge in [-0.3, -0.25) is 0 Å². The third kappa shape index (κ3) is 2.91. The molecule has 0 radical (unpaired) electrons. The predicted octanol–water partition coefficient (Wildman–Crippen LogP) is 5.16. The molecule has 1 aromatic heterocycles. The minimum atomic E-state index is -1.01. The number of methoxy groups -OCH3 is 1. The van der Waals surface area contributed by atoms with Crippen molar-refractivity contribution in [2.45, 2.75) is 6.92 Å². The van der Waals surface area contributed by atoms with Crippen molar-refractivity contribution in [1.82, 2.24) is 4.98 Å². The summed E-state index contributed by atoms with van der Waals surface area (Å²) in [6, 6.07) is 18.7. The Bertz CT molecular complexity index is 1200. The topological polar surface area (TPSA) is 68.7 Å². The second-order valence-electron chi connectivity index (χ2n) is 6.31. The van der Waals surface area contributed by atoms with Crippen molar-refractivity contribution < 1.29 is 19.4 Å². The Morgan fingerprint density at radius 1 is 1.00 bits per heavy atom. The molecular formula is C23H19NO4. The first kappa shape index (κ1) is 17.8. The summed E-state index contributed by atoms with van der Waals surface area (Å²) in [6.45, 7) is 2.41. The molecule has 28 heavy (non-hydrogen) atoms. The molecule has 0 atom stereocenters. The van der Waals surface area contributed by atoms with Crippen LogP contribution < -0.4 is 9.47 Å². The lowest BCUT2D eigenvalue weighted by Crippen LogP contribution is -2.03. The van der Waals surface area contributed by atoms with Crippen LogP contribution in [0.3, 0.4) is 0 Å². The van der Waals surface area contributed by atoms with Gasteiger partial charge in [-0.1, -0.05) is 42.5 Å². The Morgan fingerprint density at radius 3 is 2.54 bits per heavy atom. The first-order valence-electron chi connectivity index (χ1n) is 9.00. The molecule has 0 unspecified atom stereocenters. The maximum atomic E-state index is 12.0. The SMILES string of the molecule is CCOc1ccc2ccccc2c1-c1cc(C(=O)O)c2cccc(OC)c2n1. The molecular weight excluding hydrogens is 354 g/mol. The first-order chi connectivity index (χ1) is 13.6. The highest BCUT2D eigenvalue weighted by Gasteiger charge is 2.19. The number of carbonyl (C=O) groups is 1. The van der Waals surface area contributed by atoms with Crippen molar-refractivity contribution in [1.29, 1.82) is 0 Å². The standard InChI is InChI=1S/C23H19NO4/c1-3-28-19-12-11-14-7-4-5-8-15(14)21(19)18-13-17(23(25)26)16-9-6-10-20(27-2)22(16)24-18/h4-13H,3H2,1-2H3,(H,25,26). The molecule has 0 fully saturated rings. The highest BCUT2D eigenvalue weighted by Crippen LogP contribution is 2.39. The van der Waals surface area contributed by atoms with E-state index in [9.17, 15) is 9.90 Å². The Labute approximate surface area is 162 Å². The van der Waals surface area contributed by atoms with Gasteiger partial charge < -0.3 is 14.6 Å². The quantitative estimate of drug-likeness (QED) is 0.523. The number of hydrogen-bond acceptors (Lipinski definition) is 4. The number of pyridine rings is 1. The third-order valence-corrected chi connectivity index (χ3v) is 4.70. The maximum Gasteiger partial charge on any atom is 0.336 e. The van der Waals surface area contributed by atoms with Gasteiger partial charge >= 0.3 is 5.97 Å². The van der Waals surface area contributed by atoms with E-state index in [4.69, 9.17) is 14.5 Å². The molecule has 140 valence electrons. The van der Waals surface area contributed by atoms with Crippen LogP contribution >= 0.6 is 0 Å². The predicted molar refractivity (Wildman–Crippen MR) is 109 cm³/mol. The van der Waals surface area contributed by atoms with Gasteiger partial charge in [-0.15, -0.1) is 0 Å². The molecule has 0 aliphatic carbocycles. The minimum Gasteiger partial charge on any atom is -0.494 e. The van der Waals surface area contributed by atoms with Crippen LogP contribution in [-0.4, -0.2) is 29.8 Å². The van der Waals surface area contributed by atoms with Gasteiger partial charge in [0.1, 0.15) is 17.0 Å². The molecule has 3 aromatic carbocycles. The molecule has 0 spiro atoms. The zero-order valence-corrected chi connectivity index (χ0v) is 15.6. The first-order valence-corrected chi connectivity index (χ1v) is 9.00. The lowest BCUT2D eigenvalue weighted by Gasteiger charge is -2.15. The van der Waals surface area contributed by atoms with Gasteiger partial charge in [0.2, 0.25) is 0 Å². The van der Waals surface area contributed by atoms with Gasteiger partial charge in [-0.05, 0) is 35.9 Å². The highest BCUT2D eigenvalue weighted by atomic mass is 16.5. The van der Waals surface area contributed by atoms with Crippen LogP contribution in [-0.2, 0) is 0 Å². The average Bonchev–Trinajstić information content (AvgIpc) is 2.72. The van der Waals surface area contributed by atoms with Crippen molar-refractivity contribution in [3.05, 3.63) is 66.2 Å². The normalized spacial score (nSPS) is 10.9. The summed E-state index contributed by atoms with van der Waals surface area (Å²) in [7, 11) is 1.55. The van der Waals surface area contributed by atoms with E-state index in [0.29, 0.717) is 34.7 Å². The van der Waals surface area contributed by atoms with Crippen LogP contribution in [0.2, 0.25) is 0 Å². The van der Waals surface area contributed by atoms with Gasteiger partial charge in [-0.2, -0.15) is 0 Å². The summed E-state index contributed by atoms with van der Waals surface area (Å²) in [4.78, 5) is 16.8. The summed E-state index contributed by atoms with van der Waals surface area (Å²) in [5.41, 5.74) is 1.99. The number of fused-ring (bicyclic) bond motifs is 2. The number of ether oxygens (including phenoxy) is 2. The summed E-state index contributed by atoms with van der Waals surface area (Å²) < 4.78 is 11.3. The molecule has 0 bridgehead atoms. The van der Waals surface area contributed by atoms with Crippen LogP contribution in [0.25, 0.3) is 32.9 Å². The van der Waals surface area contributed by atoms with E-state index in [2.05, 4.69) is 0 Å². The molecule has 0 saturated carbocycles. The number of rotatable bonds is 5. The van der Waals surface area contributed by atoms with E-state index in [1.807, 2.05) is 43.3 Å². The van der Waals surface area contributed by atoms with E-state index < -0.39 is 5.97 Å². The number of hydrogen-bond donors (Lipinski definition) is 1. The van der Waals surface area contributed by atoms with Crippen LogP contribution in [0.1, 0.15) is 17.3 Å². The second-order valence-corrected chi connectivity index (χ2v) is 6.31. The molecule has 4 aromatic rings. The van der Waals surface area contributed by atoms with Crippen molar-refractivity contribution in [2.24, 2.45) is 0 Å². The van der Waals surface area contributed by atoms with Gasteiger partial charge in [-0.25, -0.2) is 9.78 Å². The second kappa shape index (κ2) is 7.19. The zero-order chi connectivity index (χ0) is 19.7. The highest BCUT2D eigenvalue weighted by molar-refractivity contribution is 6.07. The smallest absolute Gasteiger partial charge is 0.336 e.